The van der Waals surface area contributed by atoms with Crippen LogP contribution in [0.3, 0.4) is 0 Å². The van der Waals surface area contributed by atoms with E-state index >= 15 is 0 Å². The average Bonchev–Trinajstić information content (AvgIpc) is 2.70. The molecule has 2 aliphatic carbocycles. The first-order chi connectivity index (χ1) is 7.00. The molecular formula is C15H33ClTi. The van der Waals surface area contributed by atoms with Crippen LogP contribution in [0.15, 0.2) is 0 Å². The SMILES string of the molecule is C1CCCC1.C1CCCCCC1.[CH3-].[CH3-].[CH3-].[Cl][Ti+3]. The van der Waals surface area contributed by atoms with E-state index in [4.69, 9.17) is 0 Å². The van der Waals surface area contributed by atoms with Gasteiger partial charge in [0.15, 0.2) is 0 Å². The molecule has 0 aromatic rings. The fraction of sp³-hybridized carbons (Fsp3) is 0.800. The quantitative estimate of drug-likeness (QED) is 0.264. The van der Waals surface area contributed by atoms with Crippen molar-refractivity contribution in [2.75, 3.05) is 0 Å². The molecule has 2 saturated carbocycles. The average molecular weight is 297 g/mol. The van der Waals surface area contributed by atoms with Crippen molar-refractivity contribution in [2.45, 2.75) is 77.0 Å². The fourth-order valence-electron chi connectivity index (χ4n) is 2.12. The number of hydrogen-bond acceptors (Lipinski definition) is 0. The van der Waals surface area contributed by atoms with E-state index in [0.717, 1.165) is 0 Å². The minimum absolute atomic E-state index is 0. The van der Waals surface area contributed by atoms with Crippen molar-refractivity contribution in [3.8, 4) is 0 Å². The first-order valence-corrected chi connectivity index (χ1v) is 8.34. The summed E-state index contributed by atoms with van der Waals surface area (Å²) in [6.45, 7) is 0. The van der Waals surface area contributed by atoms with Crippen molar-refractivity contribution >= 4 is 9.30 Å². The van der Waals surface area contributed by atoms with Crippen LogP contribution in [0.25, 0.3) is 0 Å². The molecule has 0 saturated heterocycles. The first kappa shape index (κ1) is 26.5. The van der Waals surface area contributed by atoms with Crippen molar-refractivity contribution in [2.24, 2.45) is 0 Å². The molecule has 0 spiro atoms. The van der Waals surface area contributed by atoms with Gasteiger partial charge in [0.1, 0.15) is 0 Å². The third-order valence-corrected chi connectivity index (χ3v) is 3.00. The van der Waals surface area contributed by atoms with Crippen LogP contribution in [0.5, 0.6) is 0 Å². The van der Waals surface area contributed by atoms with Gasteiger partial charge in [0.05, 0.1) is 0 Å². The van der Waals surface area contributed by atoms with Crippen molar-refractivity contribution in [1.82, 2.24) is 0 Å². The molecule has 2 fully saturated rings. The summed E-state index contributed by atoms with van der Waals surface area (Å²) in [7, 11) is 4.64. The third-order valence-electron chi connectivity index (χ3n) is 3.00. The standard InChI is InChI=1S/C7H14.C5H10.3CH3.ClH.Ti/c1-2-4-6-7-5-3-1;1-2-4-5-3-1;;;;;/h1-7H2;1-5H2;3*1H3;1H;/q;;3*-1;;+4/p-1. The molecule has 0 unspecified atom stereocenters. The first-order valence-electron chi connectivity index (χ1n) is 6.19. The van der Waals surface area contributed by atoms with Crippen LogP contribution in [0, 0.1) is 22.3 Å². The van der Waals surface area contributed by atoms with Crippen LogP contribution < -0.4 is 0 Å². The van der Waals surface area contributed by atoms with E-state index in [1.54, 1.807) is 0 Å². The zero-order valence-electron chi connectivity index (χ0n) is 12.4. The summed E-state index contributed by atoms with van der Waals surface area (Å²) < 4.78 is 0. The van der Waals surface area contributed by atoms with E-state index in [-0.39, 0.29) is 22.3 Å². The Hall–Kier alpha value is 1.00. The van der Waals surface area contributed by atoms with Gasteiger partial charge in [-0.2, -0.15) is 0 Å². The summed E-state index contributed by atoms with van der Waals surface area (Å²) in [5.41, 5.74) is 0. The predicted molar refractivity (Wildman–Crippen MR) is 80.5 cm³/mol. The molecule has 0 aromatic heterocycles. The van der Waals surface area contributed by atoms with Gasteiger partial charge in [0.25, 0.3) is 0 Å². The maximum absolute atomic E-state index is 4.64. The Kier molecular flexibility index (Phi) is 40.2. The molecular weight excluding hydrogens is 263 g/mol. The molecule has 0 amide bonds. The van der Waals surface area contributed by atoms with Gasteiger partial charge in [0, 0.05) is 0 Å². The molecule has 2 aliphatic rings. The number of hydrogen-bond donors (Lipinski definition) is 0. The molecule has 0 nitrogen and oxygen atoms in total. The van der Waals surface area contributed by atoms with Gasteiger partial charge < -0.3 is 22.3 Å². The third kappa shape index (κ3) is 22.6. The number of halogens is 1. The molecule has 104 valence electrons. The second-order valence-electron chi connectivity index (χ2n) is 4.24. The summed E-state index contributed by atoms with van der Waals surface area (Å²) in [5, 5.41) is 0. The van der Waals surface area contributed by atoms with Crippen LogP contribution in [0.1, 0.15) is 77.0 Å². The Bertz CT molecular complexity index is 65.7. The van der Waals surface area contributed by atoms with Gasteiger partial charge in [-0.25, -0.2) is 0 Å². The Morgan fingerprint density at radius 2 is 0.412 bits per heavy atom. The molecule has 0 bridgehead atoms. The van der Waals surface area contributed by atoms with Gasteiger partial charge >= 0.3 is 28.7 Å². The maximum atomic E-state index is 4.64. The molecule has 0 N–H and O–H groups in total. The van der Waals surface area contributed by atoms with E-state index in [1.807, 2.05) is 0 Å². The van der Waals surface area contributed by atoms with Crippen LogP contribution in [-0.2, 0) is 19.4 Å². The van der Waals surface area contributed by atoms with E-state index in [9.17, 15) is 0 Å². The van der Waals surface area contributed by atoms with Crippen molar-refractivity contribution in [3.05, 3.63) is 22.3 Å². The number of rotatable bonds is 0. The van der Waals surface area contributed by atoms with E-state index < -0.39 is 0 Å². The van der Waals surface area contributed by atoms with E-state index in [0.29, 0.717) is 0 Å². The Balaban J connectivity index is -0.0000000769. The van der Waals surface area contributed by atoms with Crippen LogP contribution >= 0.6 is 9.30 Å². The van der Waals surface area contributed by atoms with E-state index in [1.165, 1.54) is 96.4 Å². The van der Waals surface area contributed by atoms with Crippen molar-refractivity contribution in [1.29, 1.82) is 0 Å². The second kappa shape index (κ2) is 25.8. The Morgan fingerprint density at radius 1 is 0.353 bits per heavy atom. The van der Waals surface area contributed by atoms with Gasteiger partial charge in [-0.05, 0) is 0 Å². The molecule has 0 heterocycles. The fourth-order valence-corrected chi connectivity index (χ4v) is 2.12. The minimum atomic E-state index is 0. The zero-order chi connectivity index (χ0) is 10.5. The summed E-state index contributed by atoms with van der Waals surface area (Å²) in [4.78, 5) is 0. The van der Waals surface area contributed by atoms with Crippen LogP contribution in [0.2, 0.25) is 0 Å². The summed E-state index contributed by atoms with van der Waals surface area (Å²) in [5.74, 6) is 0. The zero-order valence-corrected chi connectivity index (χ0v) is 14.7. The monoisotopic (exact) mass is 296 g/mol. The topological polar surface area (TPSA) is 0 Å². The predicted octanol–water partition coefficient (Wildman–Crippen LogP) is 6.72. The molecule has 2 rings (SSSR count). The Labute approximate surface area is 128 Å². The van der Waals surface area contributed by atoms with Crippen LogP contribution in [0.4, 0.5) is 0 Å². The van der Waals surface area contributed by atoms with Gasteiger partial charge in [-0.1, -0.05) is 77.0 Å². The Morgan fingerprint density at radius 3 is 0.471 bits per heavy atom. The molecule has 0 aliphatic heterocycles. The van der Waals surface area contributed by atoms with Gasteiger partial charge in [0.2, 0.25) is 0 Å². The van der Waals surface area contributed by atoms with Gasteiger partial charge in [-0.3, -0.25) is 0 Å². The second-order valence-corrected chi connectivity index (χ2v) is 4.24. The van der Waals surface area contributed by atoms with Crippen molar-refractivity contribution in [3.63, 3.8) is 0 Å². The molecule has 0 atom stereocenters. The van der Waals surface area contributed by atoms with E-state index in [2.05, 4.69) is 9.30 Å². The molecule has 2 heteroatoms. The van der Waals surface area contributed by atoms with Crippen LogP contribution in [-0.4, -0.2) is 0 Å². The molecule has 0 radical (unpaired) electrons. The molecule has 17 heavy (non-hydrogen) atoms. The normalized spacial score (nSPS) is 17.4. The van der Waals surface area contributed by atoms with Crippen molar-refractivity contribution < 1.29 is 19.4 Å². The summed E-state index contributed by atoms with van der Waals surface area (Å²) in [6, 6.07) is 0. The summed E-state index contributed by atoms with van der Waals surface area (Å²) in [6.07, 6.45) is 18.0. The molecule has 0 aromatic carbocycles. The summed E-state index contributed by atoms with van der Waals surface area (Å²) >= 11 is 1.47. The van der Waals surface area contributed by atoms with Gasteiger partial charge in [-0.15, -0.1) is 0 Å².